The van der Waals surface area contributed by atoms with Crippen LogP contribution in [0.25, 0.3) is 22.2 Å². The number of hydrogen-bond acceptors (Lipinski definition) is 3. The molecule has 0 bridgehead atoms. The van der Waals surface area contributed by atoms with E-state index in [1.165, 1.54) is 0 Å². The van der Waals surface area contributed by atoms with Gasteiger partial charge in [0.05, 0.1) is 0 Å². The Bertz CT molecular complexity index is 708. The highest BCUT2D eigenvalue weighted by atomic mass is 16.1. The summed E-state index contributed by atoms with van der Waals surface area (Å²) in [5, 5.41) is 0.786. The molecule has 18 heavy (non-hydrogen) atoms. The second kappa shape index (κ2) is 4.37. The Kier molecular flexibility index (Phi) is 2.57. The Morgan fingerprint density at radius 2 is 1.78 bits per heavy atom. The summed E-state index contributed by atoms with van der Waals surface area (Å²) in [6.45, 7) is 0. The molecule has 0 saturated heterocycles. The lowest BCUT2D eigenvalue weighted by atomic mass is 10.0. The number of carbonyl (C=O) groups excluding carboxylic acids is 1. The SMILES string of the molecule is O=Cc1ccnc2ncc(-c3ccccc3)cc12. The van der Waals surface area contributed by atoms with E-state index < -0.39 is 0 Å². The van der Waals surface area contributed by atoms with Crippen LogP contribution in [0.5, 0.6) is 0 Å². The zero-order chi connectivity index (χ0) is 12.4. The van der Waals surface area contributed by atoms with Crippen molar-refractivity contribution < 1.29 is 4.79 Å². The molecule has 3 nitrogen and oxygen atoms in total. The fourth-order valence-electron chi connectivity index (χ4n) is 1.94. The first-order valence-electron chi connectivity index (χ1n) is 5.64. The third-order valence-corrected chi connectivity index (χ3v) is 2.86. The van der Waals surface area contributed by atoms with Crippen molar-refractivity contribution in [2.75, 3.05) is 0 Å². The number of rotatable bonds is 2. The van der Waals surface area contributed by atoms with Crippen LogP contribution in [0.1, 0.15) is 10.4 Å². The molecule has 0 spiro atoms. The normalized spacial score (nSPS) is 10.4. The number of benzene rings is 1. The number of nitrogens with zero attached hydrogens (tertiary/aromatic N) is 2. The van der Waals surface area contributed by atoms with Crippen molar-refractivity contribution in [3.8, 4) is 11.1 Å². The Morgan fingerprint density at radius 3 is 2.56 bits per heavy atom. The van der Waals surface area contributed by atoms with Gasteiger partial charge in [-0.25, -0.2) is 9.97 Å². The van der Waals surface area contributed by atoms with E-state index in [0.717, 1.165) is 22.8 Å². The lowest BCUT2D eigenvalue weighted by molar-refractivity contribution is 0.112. The zero-order valence-corrected chi connectivity index (χ0v) is 9.58. The highest BCUT2D eigenvalue weighted by molar-refractivity contribution is 5.96. The predicted octanol–water partition coefficient (Wildman–Crippen LogP) is 3.11. The van der Waals surface area contributed by atoms with Crippen molar-refractivity contribution >= 4 is 17.3 Å². The van der Waals surface area contributed by atoms with Crippen molar-refractivity contribution in [1.29, 1.82) is 0 Å². The van der Waals surface area contributed by atoms with E-state index in [4.69, 9.17) is 0 Å². The molecule has 2 heterocycles. The number of fused-ring (bicyclic) bond motifs is 1. The average Bonchev–Trinajstić information content (AvgIpc) is 2.47. The van der Waals surface area contributed by atoms with E-state index in [1.54, 1.807) is 18.5 Å². The molecule has 0 aliphatic heterocycles. The van der Waals surface area contributed by atoms with Gasteiger partial charge in [-0.3, -0.25) is 4.79 Å². The van der Waals surface area contributed by atoms with Crippen LogP contribution < -0.4 is 0 Å². The number of aldehydes is 1. The second-order valence-corrected chi connectivity index (χ2v) is 3.98. The van der Waals surface area contributed by atoms with Crippen molar-refractivity contribution in [1.82, 2.24) is 9.97 Å². The summed E-state index contributed by atoms with van der Waals surface area (Å²) in [5.74, 6) is 0. The van der Waals surface area contributed by atoms with E-state index in [0.29, 0.717) is 11.2 Å². The summed E-state index contributed by atoms with van der Waals surface area (Å²) in [6.07, 6.45) is 4.21. The molecule has 0 N–H and O–H groups in total. The van der Waals surface area contributed by atoms with Gasteiger partial charge in [-0.05, 0) is 17.7 Å². The molecular weight excluding hydrogens is 224 g/mol. The highest BCUT2D eigenvalue weighted by Gasteiger charge is 2.04. The third kappa shape index (κ3) is 1.76. The van der Waals surface area contributed by atoms with Crippen molar-refractivity contribution in [2.24, 2.45) is 0 Å². The summed E-state index contributed by atoms with van der Waals surface area (Å²) in [5.41, 5.74) is 3.27. The highest BCUT2D eigenvalue weighted by Crippen LogP contribution is 2.22. The molecule has 86 valence electrons. The molecule has 0 aliphatic rings. The average molecular weight is 234 g/mol. The van der Waals surface area contributed by atoms with Gasteiger partial charge in [0.2, 0.25) is 0 Å². The van der Waals surface area contributed by atoms with Gasteiger partial charge >= 0.3 is 0 Å². The molecular formula is C15H10N2O. The summed E-state index contributed by atoms with van der Waals surface area (Å²) >= 11 is 0. The fourth-order valence-corrected chi connectivity index (χ4v) is 1.94. The Labute approximate surface area is 104 Å². The molecule has 0 amide bonds. The molecule has 0 radical (unpaired) electrons. The first-order chi connectivity index (χ1) is 8.88. The maximum Gasteiger partial charge on any atom is 0.159 e. The molecule has 2 aromatic heterocycles. The van der Waals surface area contributed by atoms with Gasteiger partial charge < -0.3 is 0 Å². The largest absolute Gasteiger partial charge is 0.298 e. The van der Waals surface area contributed by atoms with E-state index in [9.17, 15) is 4.79 Å². The maximum absolute atomic E-state index is 11.0. The lowest BCUT2D eigenvalue weighted by Gasteiger charge is -2.04. The van der Waals surface area contributed by atoms with E-state index in [-0.39, 0.29) is 0 Å². The Morgan fingerprint density at radius 1 is 0.944 bits per heavy atom. The van der Waals surface area contributed by atoms with Crippen molar-refractivity contribution in [2.45, 2.75) is 0 Å². The number of aromatic nitrogens is 2. The number of pyridine rings is 2. The van der Waals surface area contributed by atoms with Gasteiger partial charge in [-0.2, -0.15) is 0 Å². The van der Waals surface area contributed by atoms with Crippen LogP contribution >= 0.6 is 0 Å². The van der Waals surface area contributed by atoms with Crippen molar-refractivity contribution in [3.63, 3.8) is 0 Å². The van der Waals surface area contributed by atoms with Crippen LogP contribution in [0, 0.1) is 0 Å². The lowest BCUT2D eigenvalue weighted by Crippen LogP contribution is -1.90. The van der Waals surface area contributed by atoms with Crippen LogP contribution in [0.3, 0.4) is 0 Å². The second-order valence-electron chi connectivity index (χ2n) is 3.98. The molecule has 0 atom stereocenters. The molecule has 1 aromatic carbocycles. The fraction of sp³-hybridized carbons (Fsp3) is 0. The van der Waals surface area contributed by atoms with Crippen LogP contribution in [0.2, 0.25) is 0 Å². The first-order valence-corrected chi connectivity index (χ1v) is 5.64. The number of carbonyl (C=O) groups is 1. The van der Waals surface area contributed by atoms with E-state index >= 15 is 0 Å². The molecule has 0 fully saturated rings. The summed E-state index contributed by atoms with van der Waals surface area (Å²) in [4.78, 5) is 19.5. The van der Waals surface area contributed by atoms with Gasteiger partial charge in [-0.15, -0.1) is 0 Å². The molecule has 3 rings (SSSR count). The van der Waals surface area contributed by atoms with Gasteiger partial charge in [-0.1, -0.05) is 30.3 Å². The van der Waals surface area contributed by atoms with Crippen LogP contribution in [0.4, 0.5) is 0 Å². The van der Waals surface area contributed by atoms with Crippen LogP contribution in [-0.2, 0) is 0 Å². The minimum atomic E-state index is 0.597. The van der Waals surface area contributed by atoms with Crippen LogP contribution in [-0.4, -0.2) is 16.3 Å². The summed E-state index contributed by atoms with van der Waals surface area (Å²) in [6, 6.07) is 13.6. The summed E-state index contributed by atoms with van der Waals surface area (Å²) < 4.78 is 0. The Balaban J connectivity index is 2.25. The maximum atomic E-state index is 11.0. The topological polar surface area (TPSA) is 42.9 Å². The molecule has 0 saturated carbocycles. The monoisotopic (exact) mass is 234 g/mol. The minimum Gasteiger partial charge on any atom is -0.298 e. The zero-order valence-electron chi connectivity index (χ0n) is 9.58. The molecule has 3 heteroatoms. The van der Waals surface area contributed by atoms with E-state index in [2.05, 4.69) is 9.97 Å². The van der Waals surface area contributed by atoms with E-state index in [1.807, 2.05) is 36.4 Å². The molecule has 0 aliphatic carbocycles. The minimum absolute atomic E-state index is 0.597. The van der Waals surface area contributed by atoms with Crippen LogP contribution in [0.15, 0.2) is 54.9 Å². The quantitative estimate of drug-likeness (QED) is 0.640. The van der Waals surface area contributed by atoms with Gasteiger partial charge in [0.25, 0.3) is 0 Å². The first kappa shape index (κ1) is 10.6. The summed E-state index contributed by atoms with van der Waals surface area (Å²) in [7, 11) is 0. The van der Waals surface area contributed by atoms with Gasteiger partial charge in [0.15, 0.2) is 11.9 Å². The van der Waals surface area contributed by atoms with Crippen molar-refractivity contribution in [3.05, 3.63) is 60.4 Å². The van der Waals surface area contributed by atoms with Gasteiger partial charge in [0, 0.05) is 28.9 Å². The predicted molar refractivity (Wildman–Crippen MR) is 70.4 cm³/mol. The Hall–Kier alpha value is -2.55. The smallest absolute Gasteiger partial charge is 0.159 e. The standard InChI is InChI=1S/C15H10N2O/c18-10-12-6-7-16-15-14(12)8-13(9-17-15)11-4-2-1-3-5-11/h1-10H. The molecule has 0 unspecified atom stereocenters. The number of hydrogen-bond donors (Lipinski definition) is 0. The third-order valence-electron chi connectivity index (χ3n) is 2.86. The van der Waals surface area contributed by atoms with Gasteiger partial charge in [0.1, 0.15) is 0 Å². The molecule has 3 aromatic rings.